The third-order valence-electron chi connectivity index (χ3n) is 5.41. The molecule has 2 heterocycles. The van der Waals surface area contributed by atoms with Crippen molar-refractivity contribution < 1.29 is 13.2 Å². The van der Waals surface area contributed by atoms with Gasteiger partial charge < -0.3 is 9.30 Å². The van der Waals surface area contributed by atoms with Crippen molar-refractivity contribution in [1.82, 2.24) is 8.87 Å². The van der Waals surface area contributed by atoms with Crippen LogP contribution in [0.2, 0.25) is 0 Å². The van der Waals surface area contributed by atoms with Crippen LogP contribution in [0.5, 0.6) is 5.75 Å². The first kappa shape index (κ1) is 18.8. The predicted octanol–water partition coefficient (Wildman–Crippen LogP) is 3.97. The van der Waals surface area contributed by atoms with E-state index in [9.17, 15) is 8.42 Å². The summed E-state index contributed by atoms with van der Waals surface area (Å²) in [4.78, 5) is 0.343. The summed E-state index contributed by atoms with van der Waals surface area (Å²) in [5.41, 5.74) is 4.27. The smallest absolute Gasteiger partial charge is 0.243 e. The first-order valence-corrected chi connectivity index (χ1v) is 10.7. The number of aryl methyl sites for hydroxylation is 2. The Morgan fingerprint density at radius 3 is 2.57 bits per heavy atom. The summed E-state index contributed by atoms with van der Waals surface area (Å²) in [6, 6.07) is 13.4. The summed E-state index contributed by atoms with van der Waals surface area (Å²) in [7, 11) is 0.0841. The van der Waals surface area contributed by atoms with Crippen LogP contribution in [0.4, 0.5) is 0 Å². The molecule has 0 spiro atoms. The van der Waals surface area contributed by atoms with Gasteiger partial charge in [-0.15, -0.1) is 0 Å². The van der Waals surface area contributed by atoms with Gasteiger partial charge in [-0.05, 0) is 48.7 Å². The molecule has 4 rings (SSSR count). The normalized spacial score (nSPS) is 15.6. The summed E-state index contributed by atoms with van der Waals surface area (Å²) < 4.78 is 35.1. The second-order valence-corrected chi connectivity index (χ2v) is 9.05. The van der Waals surface area contributed by atoms with Crippen LogP contribution in [-0.4, -0.2) is 37.5 Å². The van der Waals surface area contributed by atoms with Crippen LogP contribution in [0.3, 0.4) is 0 Å². The minimum atomic E-state index is -3.53. The third kappa shape index (κ3) is 3.12. The van der Waals surface area contributed by atoms with Gasteiger partial charge in [0.2, 0.25) is 10.0 Å². The fourth-order valence-corrected chi connectivity index (χ4v) is 5.47. The van der Waals surface area contributed by atoms with E-state index in [-0.39, 0.29) is 0 Å². The van der Waals surface area contributed by atoms with Crippen LogP contribution in [0.15, 0.2) is 59.6 Å². The number of fused-ring (bicyclic) bond motifs is 1. The number of hydrogen-bond acceptors (Lipinski definition) is 3. The number of rotatable bonds is 4. The first-order valence-electron chi connectivity index (χ1n) is 9.30. The number of sulfonamides is 1. The van der Waals surface area contributed by atoms with Crippen molar-refractivity contribution >= 4 is 26.5 Å². The van der Waals surface area contributed by atoms with Gasteiger partial charge in [0.05, 0.1) is 12.0 Å². The molecular formula is C22H24N2O3S. The fraction of sp³-hybridized carbons (Fsp3) is 0.273. The van der Waals surface area contributed by atoms with Gasteiger partial charge in [0.25, 0.3) is 0 Å². The van der Waals surface area contributed by atoms with Crippen molar-refractivity contribution in [2.45, 2.75) is 18.2 Å². The zero-order chi connectivity index (χ0) is 19.9. The van der Waals surface area contributed by atoms with Gasteiger partial charge in [-0.2, -0.15) is 4.31 Å². The third-order valence-corrected chi connectivity index (χ3v) is 7.44. The van der Waals surface area contributed by atoms with E-state index in [0.717, 1.165) is 0 Å². The highest BCUT2D eigenvalue weighted by atomic mass is 32.2. The summed E-state index contributed by atoms with van der Waals surface area (Å²) >= 11 is 0. The maximum atomic E-state index is 13.1. The van der Waals surface area contributed by atoms with Crippen molar-refractivity contribution in [2.24, 2.45) is 7.05 Å². The molecule has 1 aliphatic rings. The molecule has 1 aliphatic heterocycles. The van der Waals surface area contributed by atoms with Crippen molar-refractivity contribution in [2.75, 3.05) is 20.2 Å². The predicted molar refractivity (Wildman–Crippen MR) is 112 cm³/mol. The van der Waals surface area contributed by atoms with Crippen molar-refractivity contribution in [1.29, 1.82) is 0 Å². The van der Waals surface area contributed by atoms with Crippen molar-refractivity contribution in [3.05, 3.63) is 65.9 Å². The number of para-hydroxylation sites is 1. The number of aromatic nitrogens is 1. The molecule has 28 heavy (non-hydrogen) atoms. The summed E-state index contributed by atoms with van der Waals surface area (Å²) in [5, 5.41) is 1.21. The van der Waals surface area contributed by atoms with Gasteiger partial charge in [0.15, 0.2) is 0 Å². The SMILES string of the molecule is COc1ccc(S(=O)(=O)N2CC=C(c3cn(C)c4ccccc34)CC2)c(C)c1. The van der Waals surface area contributed by atoms with E-state index in [2.05, 4.69) is 22.9 Å². The average Bonchev–Trinajstić information content (AvgIpc) is 3.05. The van der Waals surface area contributed by atoms with E-state index in [1.807, 2.05) is 25.3 Å². The lowest BCUT2D eigenvalue weighted by Crippen LogP contribution is -2.35. The van der Waals surface area contributed by atoms with E-state index in [1.165, 1.54) is 22.0 Å². The van der Waals surface area contributed by atoms with Crippen LogP contribution in [0.1, 0.15) is 17.5 Å². The van der Waals surface area contributed by atoms with Crippen LogP contribution < -0.4 is 4.74 Å². The quantitative estimate of drug-likeness (QED) is 0.670. The van der Waals surface area contributed by atoms with E-state index >= 15 is 0 Å². The van der Waals surface area contributed by atoms with E-state index in [0.29, 0.717) is 35.7 Å². The molecule has 0 amide bonds. The topological polar surface area (TPSA) is 51.5 Å². The van der Waals surface area contributed by atoms with Crippen LogP contribution in [0, 0.1) is 6.92 Å². The maximum absolute atomic E-state index is 13.1. The lowest BCUT2D eigenvalue weighted by atomic mass is 10.00. The van der Waals surface area contributed by atoms with Gasteiger partial charge in [-0.1, -0.05) is 24.3 Å². The Morgan fingerprint density at radius 1 is 1.11 bits per heavy atom. The molecule has 2 aromatic carbocycles. The zero-order valence-corrected chi connectivity index (χ0v) is 17.2. The Bertz CT molecular complexity index is 1180. The minimum Gasteiger partial charge on any atom is -0.497 e. The lowest BCUT2D eigenvalue weighted by Gasteiger charge is -2.26. The Morgan fingerprint density at radius 2 is 1.89 bits per heavy atom. The second-order valence-electron chi connectivity index (χ2n) is 7.14. The molecule has 0 unspecified atom stereocenters. The molecule has 0 N–H and O–H groups in total. The maximum Gasteiger partial charge on any atom is 0.243 e. The Labute approximate surface area is 165 Å². The van der Waals surface area contributed by atoms with Gasteiger partial charge in [-0.25, -0.2) is 8.42 Å². The molecule has 0 aliphatic carbocycles. The van der Waals surface area contributed by atoms with Crippen molar-refractivity contribution in [3.63, 3.8) is 0 Å². The molecule has 0 bridgehead atoms. The zero-order valence-electron chi connectivity index (χ0n) is 16.3. The Kier molecular flexibility index (Phi) is 4.77. The summed E-state index contributed by atoms with van der Waals surface area (Å²) in [6.45, 7) is 2.66. The standard InChI is InChI=1S/C22H24N2O3S/c1-16-14-18(27-3)8-9-22(16)28(25,26)24-12-10-17(11-13-24)20-15-23(2)21-7-5-4-6-19(20)21/h4-10,14-15H,11-13H2,1-3H3. The highest BCUT2D eigenvalue weighted by Gasteiger charge is 2.28. The van der Waals surface area contributed by atoms with Gasteiger partial charge in [0, 0.05) is 42.8 Å². The molecule has 0 radical (unpaired) electrons. The molecule has 146 valence electrons. The Balaban J connectivity index is 1.63. The van der Waals surface area contributed by atoms with Crippen LogP contribution in [0.25, 0.3) is 16.5 Å². The number of methoxy groups -OCH3 is 1. The molecule has 5 nitrogen and oxygen atoms in total. The number of hydrogen-bond donors (Lipinski definition) is 0. The minimum absolute atomic E-state index is 0.343. The summed E-state index contributed by atoms with van der Waals surface area (Å²) in [6.07, 6.45) is 4.87. The van der Waals surface area contributed by atoms with Gasteiger partial charge in [0.1, 0.15) is 5.75 Å². The number of nitrogens with zero attached hydrogens (tertiary/aromatic N) is 2. The fourth-order valence-electron chi connectivity index (χ4n) is 3.89. The first-order chi connectivity index (χ1) is 13.4. The van der Waals surface area contributed by atoms with E-state index in [4.69, 9.17) is 4.74 Å². The van der Waals surface area contributed by atoms with Gasteiger partial charge in [-0.3, -0.25) is 0 Å². The number of benzene rings is 2. The molecule has 0 saturated heterocycles. The average molecular weight is 397 g/mol. The molecule has 3 aromatic rings. The lowest BCUT2D eigenvalue weighted by molar-refractivity contribution is 0.413. The largest absolute Gasteiger partial charge is 0.497 e. The summed E-state index contributed by atoms with van der Waals surface area (Å²) in [5.74, 6) is 0.660. The van der Waals surface area contributed by atoms with E-state index < -0.39 is 10.0 Å². The second kappa shape index (κ2) is 7.11. The molecule has 0 atom stereocenters. The van der Waals surface area contributed by atoms with Crippen LogP contribution >= 0.6 is 0 Å². The number of ether oxygens (including phenoxy) is 1. The molecule has 0 fully saturated rings. The van der Waals surface area contributed by atoms with Gasteiger partial charge >= 0.3 is 0 Å². The molecule has 6 heteroatoms. The molecule has 1 aromatic heterocycles. The monoisotopic (exact) mass is 396 g/mol. The van der Waals surface area contributed by atoms with Crippen LogP contribution in [-0.2, 0) is 17.1 Å². The Hall–Kier alpha value is -2.57. The van der Waals surface area contributed by atoms with Crippen molar-refractivity contribution in [3.8, 4) is 5.75 Å². The molecule has 0 saturated carbocycles. The molecular weight excluding hydrogens is 372 g/mol. The van der Waals surface area contributed by atoms with E-state index in [1.54, 1.807) is 36.5 Å². The highest BCUT2D eigenvalue weighted by molar-refractivity contribution is 7.89. The highest BCUT2D eigenvalue weighted by Crippen LogP contribution is 2.32.